The quantitative estimate of drug-likeness (QED) is 0.559. The summed E-state index contributed by atoms with van der Waals surface area (Å²) < 4.78 is 5.81. The van der Waals surface area contributed by atoms with Crippen molar-refractivity contribution in [3.63, 3.8) is 0 Å². The monoisotopic (exact) mass is 397 g/mol. The fraction of sp³-hybridized carbons (Fsp3) is 0.292. The summed E-state index contributed by atoms with van der Waals surface area (Å²) in [5, 5.41) is 11.1. The second-order valence-electron chi connectivity index (χ2n) is 8.49. The number of aromatic nitrogens is 3. The minimum atomic E-state index is -0.0838. The Morgan fingerprint density at radius 3 is 2.70 bits per heavy atom. The maximum absolute atomic E-state index is 9.16. The number of nitrogens with zero attached hydrogens (tertiary/aromatic N) is 4. The predicted octanol–water partition coefficient (Wildman–Crippen LogP) is 4.26. The molecule has 0 spiro atoms. The maximum atomic E-state index is 9.16. The summed E-state index contributed by atoms with van der Waals surface area (Å²) in [6.07, 6.45) is 3.58. The largest absolute Gasteiger partial charge is 0.373 e. The van der Waals surface area contributed by atoms with Crippen LogP contribution in [0.4, 0.5) is 0 Å². The van der Waals surface area contributed by atoms with Crippen LogP contribution >= 0.6 is 0 Å². The normalized spacial score (nSPS) is 16.7. The van der Waals surface area contributed by atoms with Gasteiger partial charge in [-0.15, -0.1) is 0 Å². The first-order valence-corrected chi connectivity index (χ1v) is 10.1. The van der Waals surface area contributed by atoms with E-state index in [-0.39, 0.29) is 5.60 Å². The van der Waals surface area contributed by atoms with Gasteiger partial charge in [0.2, 0.25) is 0 Å². The number of ether oxygens (including phenoxy) is 1. The summed E-state index contributed by atoms with van der Waals surface area (Å²) in [4.78, 5) is 14.4. The minimum Gasteiger partial charge on any atom is -0.373 e. The van der Waals surface area contributed by atoms with Crippen LogP contribution in [0.3, 0.4) is 0 Å². The molecule has 150 valence electrons. The number of aromatic amines is 1. The van der Waals surface area contributed by atoms with Crippen LogP contribution in [-0.2, 0) is 11.3 Å². The molecule has 0 aliphatic carbocycles. The van der Waals surface area contributed by atoms with Gasteiger partial charge >= 0.3 is 0 Å². The SMILES string of the molecule is CC1(C)CN(Cc2ccc(-c3cnc4[nH]c5cnc(C#N)cc5c4c3)cc2)CCO1. The second-order valence-corrected chi connectivity index (χ2v) is 8.49. The van der Waals surface area contributed by atoms with E-state index >= 15 is 0 Å². The van der Waals surface area contributed by atoms with Gasteiger partial charge in [0.05, 0.1) is 23.9 Å². The van der Waals surface area contributed by atoms with Gasteiger partial charge < -0.3 is 9.72 Å². The van der Waals surface area contributed by atoms with Crippen LogP contribution < -0.4 is 0 Å². The molecule has 1 aliphatic heterocycles. The summed E-state index contributed by atoms with van der Waals surface area (Å²) in [6.45, 7) is 7.90. The Hall–Kier alpha value is -3.27. The topological polar surface area (TPSA) is 77.8 Å². The van der Waals surface area contributed by atoms with Crippen molar-refractivity contribution >= 4 is 21.9 Å². The van der Waals surface area contributed by atoms with Crippen molar-refractivity contribution in [3.8, 4) is 17.2 Å². The molecule has 6 heteroatoms. The van der Waals surface area contributed by atoms with Crippen LogP contribution in [0.1, 0.15) is 25.1 Å². The Balaban J connectivity index is 1.42. The molecule has 0 unspecified atom stereocenters. The maximum Gasteiger partial charge on any atom is 0.141 e. The van der Waals surface area contributed by atoms with Gasteiger partial charge in [0.15, 0.2) is 0 Å². The predicted molar refractivity (Wildman–Crippen MR) is 117 cm³/mol. The fourth-order valence-electron chi connectivity index (χ4n) is 4.20. The molecule has 0 atom stereocenters. The Bertz CT molecular complexity index is 1270. The van der Waals surface area contributed by atoms with Gasteiger partial charge in [-0.05, 0) is 37.1 Å². The molecule has 6 nitrogen and oxygen atoms in total. The second kappa shape index (κ2) is 7.21. The first-order chi connectivity index (χ1) is 14.5. The van der Waals surface area contributed by atoms with Crippen LogP contribution in [0.15, 0.2) is 48.8 Å². The number of nitriles is 1. The zero-order valence-electron chi connectivity index (χ0n) is 17.1. The number of morpholine rings is 1. The highest BCUT2D eigenvalue weighted by Gasteiger charge is 2.26. The van der Waals surface area contributed by atoms with Gasteiger partial charge in [0.1, 0.15) is 17.4 Å². The number of rotatable bonds is 3. The Labute approximate surface area is 175 Å². The highest BCUT2D eigenvalue weighted by atomic mass is 16.5. The highest BCUT2D eigenvalue weighted by molar-refractivity contribution is 6.06. The van der Waals surface area contributed by atoms with Crippen molar-refractivity contribution in [1.82, 2.24) is 19.9 Å². The lowest BCUT2D eigenvalue weighted by Gasteiger charge is -2.38. The fourth-order valence-corrected chi connectivity index (χ4v) is 4.20. The Morgan fingerprint density at radius 2 is 1.93 bits per heavy atom. The number of benzene rings is 1. The van der Waals surface area contributed by atoms with E-state index in [0.29, 0.717) is 5.69 Å². The Kier molecular flexibility index (Phi) is 4.50. The van der Waals surface area contributed by atoms with Crippen LogP contribution in [0.5, 0.6) is 0 Å². The van der Waals surface area contributed by atoms with E-state index < -0.39 is 0 Å². The average molecular weight is 397 g/mol. The molecule has 1 saturated heterocycles. The summed E-state index contributed by atoms with van der Waals surface area (Å²) in [5.41, 5.74) is 5.48. The summed E-state index contributed by atoms with van der Waals surface area (Å²) in [7, 11) is 0. The third-order valence-electron chi connectivity index (χ3n) is 5.65. The van der Waals surface area contributed by atoms with Crippen molar-refractivity contribution in [2.75, 3.05) is 19.7 Å². The molecule has 3 aromatic heterocycles. The van der Waals surface area contributed by atoms with Gasteiger partial charge in [-0.1, -0.05) is 24.3 Å². The molecule has 5 rings (SSSR count). The van der Waals surface area contributed by atoms with Crippen LogP contribution in [-0.4, -0.2) is 45.1 Å². The number of pyridine rings is 2. The third kappa shape index (κ3) is 3.54. The molecule has 0 saturated carbocycles. The van der Waals surface area contributed by atoms with Gasteiger partial charge in [0.25, 0.3) is 0 Å². The van der Waals surface area contributed by atoms with Crippen molar-refractivity contribution in [1.29, 1.82) is 5.26 Å². The molecule has 1 aromatic carbocycles. The van der Waals surface area contributed by atoms with E-state index in [4.69, 9.17) is 10.00 Å². The van der Waals surface area contributed by atoms with Crippen LogP contribution in [0.2, 0.25) is 0 Å². The van der Waals surface area contributed by atoms with Crippen molar-refractivity contribution < 1.29 is 4.74 Å². The molecule has 1 N–H and O–H groups in total. The molecular weight excluding hydrogens is 374 g/mol. The molecule has 1 aliphatic rings. The van der Waals surface area contributed by atoms with Crippen LogP contribution in [0.25, 0.3) is 33.1 Å². The number of hydrogen-bond donors (Lipinski definition) is 1. The number of nitrogens with one attached hydrogen (secondary N) is 1. The Morgan fingerprint density at radius 1 is 1.10 bits per heavy atom. The first-order valence-electron chi connectivity index (χ1n) is 10.1. The van der Waals surface area contributed by atoms with Crippen molar-refractivity contribution in [2.45, 2.75) is 26.0 Å². The van der Waals surface area contributed by atoms with E-state index in [0.717, 1.165) is 59.3 Å². The first kappa shape index (κ1) is 18.7. The smallest absolute Gasteiger partial charge is 0.141 e. The molecule has 0 amide bonds. The number of H-pyrrole nitrogens is 1. The molecule has 30 heavy (non-hydrogen) atoms. The molecule has 0 radical (unpaired) electrons. The summed E-state index contributed by atoms with van der Waals surface area (Å²) >= 11 is 0. The van der Waals surface area contributed by atoms with E-state index in [1.807, 2.05) is 12.3 Å². The zero-order valence-corrected chi connectivity index (χ0v) is 17.1. The highest BCUT2D eigenvalue weighted by Crippen LogP contribution is 2.29. The van der Waals surface area contributed by atoms with E-state index in [1.165, 1.54) is 5.56 Å². The lowest BCUT2D eigenvalue weighted by atomic mass is 10.0. The van der Waals surface area contributed by atoms with E-state index in [1.54, 1.807) is 6.20 Å². The minimum absolute atomic E-state index is 0.0838. The zero-order chi connectivity index (χ0) is 20.7. The summed E-state index contributed by atoms with van der Waals surface area (Å²) in [5.74, 6) is 0. The van der Waals surface area contributed by atoms with Crippen LogP contribution in [0, 0.1) is 11.3 Å². The molecule has 1 fully saturated rings. The third-order valence-corrected chi connectivity index (χ3v) is 5.65. The van der Waals surface area contributed by atoms with Gasteiger partial charge in [-0.3, -0.25) is 4.90 Å². The molecule has 4 heterocycles. The van der Waals surface area contributed by atoms with Crippen molar-refractivity contribution in [2.24, 2.45) is 0 Å². The van der Waals surface area contributed by atoms with Gasteiger partial charge in [-0.2, -0.15) is 5.26 Å². The van der Waals surface area contributed by atoms with E-state index in [9.17, 15) is 0 Å². The van der Waals surface area contributed by atoms with Gasteiger partial charge in [-0.25, -0.2) is 9.97 Å². The van der Waals surface area contributed by atoms with Crippen molar-refractivity contribution in [3.05, 3.63) is 60.0 Å². The number of fused-ring (bicyclic) bond motifs is 3. The molecule has 4 aromatic rings. The summed E-state index contributed by atoms with van der Waals surface area (Å²) in [6, 6.07) is 14.7. The molecule has 0 bridgehead atoms. The molecular formula is C24H23N5O. The van der Waals surface area contributed by atoms with Gasteiger partial charge in [0, 0.05) is 42.2 Å². The standard InChI is InChI=1S/C24H23N5O/c1-24(2)15-29(7-8-30-24)14-16-3-5-17(6-4-16)18-9-21-20-10-19(11-25)26-13-22(20)28-23(21)27-12-18/h3-6,9-10,12-13H,7-8,14-15H2,1-2H3,(H,27,28). The number of hydrogen-bond acceptors (Lipinski definition) is 5. The lowest BCUT2D eigenvalue weighted by molar-refractivity contribution is -0.0882. The van der Waals surface area contributed by atoms with E-state index in [2.05, 4.69) is 70.1 Å². The average Bonchev–Trinajstić information content (AvgIpc) is 3.10. The lowest BCUT2D eigenvalue weighted by Crippen LogP contribution is -2.47.